The molecule has 0 amide bonds. The van der Waals surface area contributed by atoms with Gasteiger partial charge in [0.1, 0.15) is 5.78 Å². The van der Waals surface area contributed by atoms with Gasteiger partial charge in [0.05, 0.1) is 0 Å². The Labute approximate surface area is 112 Å². The highest BCUT2D eigenvalue weighted by atomic mass is 32.1. The molecule has 0 saturated carbocycles. The number of carbonyl (C=O) groups excluding carboxylic acids is 1. The van der Waals surface area contributed by atoms with Crippen molar-refractivity contribution in [1.82, 2.24) is 0 Å². The molecule has 1 aromatic heterocycles. The first kappa shape index (κ1) is 13.0. The maximum absolute atomic E-state index is 12.1. The lowest BCUT2D eigenvalue weighted by molar-refractivity contribution is -0.117. The lowest BCUT2D eigenvalue weighted by Crippen LogP contribution is -2.08. The third-order valence-corrected chi connectivity index (χ3v) is 4.04. The fourth-order valence-corrected chi connectivity index (χ4v) is 3.09. The Morgan fingerprint density at radius 3 is 2.33 bits per heavy atom. The van der Waals surface area contributed by atoms with Gasteiger partial charge in [-0.15, -0.1) is 11.3 Å². The Bertz CT molecular complexity index is 529. The summed E-state index contributed by atoms with van der Waals surface area (Å²) in [5, 5.41) is 2.02. The van der Waals surface area contributed by atoms with Crippen LogP contribution in [0.5, 0.6) is 0 Å². The normalized spacial score (nSPS) is 10.6. The predicted molar refractivity (Wildman–Crippen MR) is 77.4 cm³/mol. The number of thiophene rings is 1. The molecule has 0 bridgehead atoms. The summed E-state index contributed by atoms with van der Waals surface area (Å²) in [5.74, 6) is 0.299. The molecule has 0 aliphatic carbocycles. The molecule has 1 aromatic carbocycles. The van der Waals surface area contributed by atoms with E-state index in [0.29, 0.717) is 18.6 Å². The number of aryl methyl sites for hydroxylation is 3. The molecule has 0 saturated heterocycles. The number of benzene rings is 1. The first-order valence-electron chi connectivity index (χ1n) is 6.17. The van der Waals surface area contributed by atoms with E-state index >= 15 is 0 Å². The number of hydrogen-bond acceptors (Lipinski definition) is 2. The average molecular weight is 258 g/mol. The highest BCUT2D eigenvalue weighted by molar-refractivity contribution is 7.10. The van der Waals surface area contributed by atoms with Gasteiger partial charge >= 0.3 is 0 Å². The van der Waals surface area contributed by atoms with Gasteiger partial charge in [-0.25, -0.2) is 0 Å². The van der Waals surface area contributed by atoms with Gasteiger partial charge in [0.2, 0.25) is 0 Å². The molecular weight excluding hydrogens is 240 g/mol. The van der Waals surface area contributed by atoms with E-state index in [4.69, 9.17) is 0 Å². The Hall–Kier alpha value is -1.41. The van der Waals surface area contributed by atoms with E-state index < -0.39 is 0 Å². The molecule has 0 spiro atoms. The van der Waals surface area contributed by atoms with E-state index in [9.17, 15) is 4.79 Å². The molecule has 1 heterocycles. The number of rotatable bonds is 4. The second-order valence-corrected chi connectivity index (χ2v) is 5.88. The molecule has 0 N–H and O–H groups in total. The molecule has 0 radical (unpaired) electrons. The van der Waals surface area contributed by atoms with E-state index in [1.54, 1.807) is 11.3 Å². The molecule has 94 valence electrons. The summed E-state index contributed by atoms with van der Waals surface area (Å²) < 4.78 is 0. The van der Waals surface area contributed by atoms with Crippen molar-refractivity contribution >= 4 is 17.1 Å². The van der Waals surface area contributed by atoms with E-state index in [2.05, 4.69) is 32.9 Å². The SMILES string of the molecule is Cc1cc(C)c(CC(=O)Cc2cccs2)c(C)c1. The first-order chi connectivity index (χ1) is 8.56. The van der Waals surface area contributed by atoms with Crippen molar-refractivity contribution in [3.8, 4) is 0 Å². The molecular formula is C16H18OS. The highest BCUT2D eigenvalue weighted by Gasteiger charge is 2.10. The van der Waals surface area contributed by atoms with Gasteiger partial charge in [0.15, 0.2) is 0 Å². The molecule has 2 aromatic rings. The maximum atomic E-state index is 12.1. The van der Waals surface area contributed by atoms with Gasteiger partial charge in [-0.3, -0.25) is 4.79 Å². The van der Waals surface area contributed by atoms with Crippen LogP contribution in [0.4, 0.5) is 0 Å². The minimum Gasteiger partial charge on any atom is -0.299 e. The Morgan fingerprint density at radius 1 is 1.11 bits per heavy atom. The summed E-state index contributed by atoms with van der Waals surface area (Å²) in [6.07, 6.45) is 1.11. The van der Waals surface area contributed by atoms with Crippen molar-refractivity contribution in [2.45, 2.75) is 33.6 Å². The summed E-state index contributed by atoms with van der Waals surface area (Å²) >= 11 is 1.65. The van der Waals surface area contributed by atoms with E-state index in [1.807, 2.05) is 17.5 Å². The molecule has 0 aliphatic heterocycles. The van der Waals surface area contributed by atoms with Crippen LogP contribution in [0.25, 0.3) is 0 Å². The van der Waals surface area contributed by atoms with Crippen molar-refractivity contribution in [2.24, 2.45) is 0 Å². The zero-order chi connectivity index (χ0) is 13.1. The van der Waals surface area contributed by atoms with Crippen molar-refractivity contribution in [2.75, 3.05) is 0 Å². The minimum atomic E-state index is 0.299. The molecule has 0 aliphatic rings. The van der Waals surface area contributed by atoms with Crippen LogP contribution >= 0.6 is 11.3 Å². The Kier molecular flexibility index (Phi) is 3.97. The molecule has 18 heavy (non-hydrogen) atoms. The molecule has 1 nitrogen and oxygen atoms in total. The van der Waals surface area contributed by atoms with E-state index in [1.165, 1.54) is 22.3 Å². The van der Waals surface area contributed by atoms with Gasteiger partial charge < -0.3 is 0 Å². The quantitative estimate of drug-likeness (QED) is 0.809. The zero-order valence-electron chi connectivity index (χ0n) is 11.1. The van der Waals surface area contributed by atoms with Crippen molar-refractivity contribution in [1.29, 1.82) is 0 Å². The molecule has 2 heteroatoms. The van der Waals surface area contributed by atoms with Crippen LogP contribution in [-0.4, -0.2) is 5.78 Å². The summed E-state index contributed by atoms with van der Waals surface area (Å²) in [6.45, 7) is 6.28. The highest BCUT2D eigenvalue weighted by Crippen LogP contribution is 2.18. The van der Waals surface area contributed by atoms with E-state index in [-0.39, 0.29) is 0 Å². The third kappa shape index (κ3) is 3.08. The lowest BCUT2D eigenvalue weighted by atomic mass is 9.95. The average Bonchev–Trinajstić information content (AvgIpc) is 2.76. The largest absolute Gasteiger partial charge is 0.299 e. The molecule has 0 fully saturated rings. The van der Waals surface area contributed by atoms with Gasteiger partial charge in [-0.05, 0) is 48.9 Å². The Balaban J connectivity index is 2.12. The monoisotopic (exact) mass is 258 g/mol. The van der Waals surface area contributed by atoms with Crippen LogP contribution in [-0.2, 0) is 17.6 Å². The van der Waals surface area contributed by atoms with Crippen LogP contribution in [0.1, 0.15) is 27.1 Å². The first-order valence-corrected chi connectivity index (χ1v) is 7.05. The fraction of sp³-hybridized carbons (Fsp3) is 0.312. The maximum Gasteiger partial charge on any atom is 0.142 e. The van der Waals surface area contributed by atoms with Crippen LogP contribution < -0.4 is 0 Å². The summed E-state index contributed by atoms with van der Waals surface area (Å²) in [7, 11) is 0. The summed E-state index contributed by atoms with van der Waals surface area (Å²) in [5.41, 5.74) is 4.92. The lowest BCUT2D eigenvalue weighted by Gasteiger charge is -2.10. The second-order valence-electron chi connectivity index (χ2n) is 4.85. The second kappa shape index (κ2) is 5.49. The fourth-order valence-electron chi connectivity index (χ4n) is 2.36. The van der Waals surface area contributed by atoms with Crippen LogP contribution in [0, 0.1) is 20.8 Å². The predicted octanol–water partition coefficient (Wildman–Crippen LogP) is 4.03. The molecule has 0 atom stereocenters. The van der Waals surface area contributed by atoms with Crippen LogP contribution in [0.2, 0.25) is 0 Å². The molecule has 0 unspecified atom stereocenters. The topological polar surface area (TPSA) is 17.1 Å². The minimum absolute atomic E-state index is 0.299. The number of carbonyl (C=O) groups is 1. The summed E-state index contributed by atoms with van der Waals surface area (Å²) in [4.78, 5) is 13.2. The number of Topliss-reactive ketones (excluding diaryl/α,β-unsaturated/α-hetero) is 1. The molecule has 2 rings (SSSR count). The van der Waals surface area contributed by atoms with Crippen molar-refractivity contribution < 1.29 is 4.79 Å². The Morgan fingerprint density at radius 2 is 1.78 bits per heavy atom. The number of ketones is 1. The third-order valence-electron chi connectivity index (χ3n) is 3.17. The van der Waals surface area contributed by atoms with Gasteiger partial charge in [-0.2, -0.15) is 0 Å². The van der Waals surface area contributed by atoms with Crippen LogP contribution in [0.3, 0.4) is 0 Å². The van der Waals surface area contributed by atoms with Crippen LogP contribution in [0.15, 0.2) is 29.6 Å². The standard InChI is InChI=1S/C16H18OS/c1-11-7-12(2)16(13(3)8-11)10-14(17)9-15-5-4-6-18-15/h4-8H,9-10H2,1-3H3. The van der Waals surface area contributed by atoms with E-state index in [0.717, 1.165) is 4.88 Å². The van der Waals surface area contributed by atoms with Crippen molar-refractivity contribution in [3.63, 3.8) is 0 Å². The van der Waals surface area contributed by atoms with Gasteiger partial charge in [0, 0.05) is 17.7 Å². The smallest absolute Gasteiger partial charge is 0.142 e. The van der Waals surface area contributed by atoms with Crippen molar-refractivity contribution in [3.05, 3.63) is 56.8 Å². The summed E-state index contributed by atoms with van der Waals surface area (Å²) in [6, 6.07) is 8.33. The van der Waals surface area contributed by atoms with Gasteiger partial charge in [0.25, 0.3) is 0 Å². The zero-order valence-corrected chi connectivity index (χ0v) is 11.9. The number of hydrogen-bond donors (Lipinski definition) is 0. The van der Waals surface area contributed by atoms with Gasteiger partial charge in [-0.1, -0.05) is 23.8 Å².